The van der Waals surface area contributed by atoms with Crippen LogP contribution in [0.25, 0.3) is 28.1 Å². The van der Waals surface area contributed by atoms with Crippen LogP contribution < -0.4 is 4.72 Å². The predicted molar refractivity (Wildman–Crippen MR) is 112 cm³/mol. The smallest absolute Gasteiger partial charge is 0.291 e. The van der Waals surface area contributed by atoms with Crippen LogP contribution in [0.4, 0.5) is 13.2 Å². The second-order valence-corrected chi connectivity index (χ2v) is 8.81. The Bertz CT molecular complexity index is 1520. The molecule has 0 saturated carbocycles. The molecule has 0 spiro atoms. The number of hydrogen-bond acceptors (Lipinski definition) is 6. The van der Waals surface area contributed by atoms with Crippen LogP contribution >= 0.6 is 0 Å². The summed E-state index contributed by atoms with van der Waals surface area (Å²) in [6.45, 7) is 0.694. The van der Waals surface area contributed by atoms with Gasteiger partial charge in [-0.05, 0) is 37.3 Å². The summed E-state index contributed by atoms with van der Waals surface area (Å²) < 4.78 is 66.2. The highest BCUT2D eigenvalue weighted by molar-refractivity contribution is 7.89. The summed E-state index contributed by atoms with van der Waals surface area (Å²) in [6.07, 6.45) is 2.85. The van der Waals surface area contributed by atoms with Gasteiger partial charge >= 0.3 is 6.18 Å². The van der Waals surface area contributed by atoms with Crippen molar-refractivity contribution in [3.8, 4) is 23.5 Å². The van der Waals surface area contributed by atoms with Gasteiger partial charge in [-0.3, -0.25) is 9.55 Å². The predicted octanol–water partition coefficient (Wildman–Crippen LogP) is 3.48. The minimum Gasteiger partial charge on any atom is -0.291 e. The van der Waals surface area contributed by atoms with Crippen molar-refractivity contribution >= 4 is 26.8 Å². The lowest BCUT2D eigenvalue weighted by Gasteiger charge is -2.17. The first-order valence-corrected chi connectivity index (χ1v) is 10.8. The van der Waals surface area contributed by atoms with Crippen LogP contribution in [-0.2, 0) is 10.0 Å². The van der Waals surface area contributed by atoms with Crippen molar-refractivity contribution < 1.29 is 21.6 Å². The van der Waals surface area contributed by atoms with E-state index in [1.807, 2.05) is 6.07 Å². The standard InChI is InChI=1S/C21H13F3N6O2S/c1-12(21(22,23)24)29-33(31,32)15-5-6-18(27-11-15)19-17(9-26)16-7-13(8-25)10-28-20(16)30(19)14-3-2-4-14/h2-7,10-12,29H,1H3/t12-/m0/s1. The summed E-state index contributed by atoms with van der Waals surface area (Å²) in [7, 11) is -4.49. The molecule has 0 radical (unpaired) electrons. The van der Waals surface area contributed by atoms with Crippen LogP contribution in [0, 0.1) is 22.7 Å². The number of fused-ring (bicyclic) bond motifs is 1. The third-order valence-electron chi connectivity index (χ3n) is 4.95. The SMILES string of the molecule is C[C@H](NS(=O)(=O)c1ccc(-c2c(C#N)c3cc(C#N)cnc3n2C2=CC=C2)nc1)C(F)(F)F. The lowest BCUT2D eigenvalue weighted by atomic mass is 10.1. The maximum absolute atomic E-state index is 12.8. The number of sulfonamides is 1. The third-order valence-corrected chi connectivity index (χ3v) is 6.48. The minimum absolute atomic E-state index is 0.169. The number of rotatable bonds is 5. The molecule has 8 nitrogen and oxygen atoms in total. The van der Waals surface area contributed by atoms with Crippen molar-refractivity contribution in [2.75, 3.05) is 0 Å². The van der Waals surface area contributed by atoms with Gasteiger partial charge in [0.2, 0.25) is 10.0 Å². The van der Waals surface area contributed by atoms with E-state index in [1.54, 1.807) is 27.5 Å². The number of hydrogen-bond donors (Lipinski definition) is 1. The van der Waals surface area contributed by atoms with Crippen LogP contribution in [0.15, 0.2) is 53.7 Å². The highest BCUT2D eigenvalue weighted by Crippen LogP contribution is 2.36. The van der Waals surface area contributed by atoms with Gasteiger partial charge < -0.3 is 0 Å². The van der Waals surface area contributed by atoms with Crippen LogP contribution in [0.2, 0.25) is 0 Å². The molecule has 3 aromatic heterocycles. The molecule has 0 bridgehead atoms. The summed E-state index contributed by atoms with van der Waals surface area (Å²) in [5, 5.41) is 19.4. The maximum Gasteiger partial charge on any atom is 0.404 e. The Morgan fingerprint density at radius 2 is 1.88 bits per heavy atom. The van der Waals surface area contributed by atoms with Crippen LogP contribution in [0.1, 0.15) is 18.1 Å². The number of halogens is 3. The fraction of sp³-hybridized carbons (Fsp3) is 0.143. The number of alkyl halides is 3. The molecule has 3 heterocycles. The molecule has 1 atom stereocenters. The van der Waals surface area contributed by atoms with Gasteiger partial charge in [0, 0.05) is 23.5 Å². The molecular weight excluding hydrogens is 457 g/mol. The maximum atomic E-state index is 12.8. The van der Waals surface area contributed by atoms with E-state index in [0.29, 0.717) is 29.3 Å². The molecule has 0 amide bonds. The number of aromatic nitrogens is 3. The zero-order valence-electron chi connectivity index (χ0n) is 16.8. The summed E-state index contributed by atoms with van der Waals surface area (Å²) in [5.74, 6) is 0. The summed E-state index contributed by atoms with van der Waals surface area (Å²) >= 11 is 0. The van der Waals surface area contributed by atoms with E-state index in [1.165, 1.54) is 18.3 Å². The van der Waals surface area contributed by atoms with E-state index in [9.17, 15) is 32.1 Å². The van der Waals surface area contributed by atoms with Crippen molar-refractivity contribution in [1.82, 2.24) is 19.3 Å². The lowest BCUT2D eigenvalue weighted by Crippen LogP contribution is -2.42. The molecular formula is C21H13F3N6O2S. The minimum atomic E-state index is -4.75. The fourth-order valence-corrected chi connectivity index (χ4v) is 4.39. The summed E-state index contributed by atoms with van der Waals surface area (Å²) in [5.41, 5.74) is 2.02. The highest BCUT2D eigenvalue weighted by Gasteiger charge is 2.39. The molecule has 4 rings (SSSR count). The van der Waals surface area contributed by atoms with Gasteiger partial charge in [0.25, 0.3) is 0 Å². The number of pyridine rings is 2. The normalized spacial score (nSPS) is 14.3. The van der Waals surface area contributed by atoms with Gasteiger partial charge in [-0.1, -0.05) is 6.08 Å². The number of nitrogens with one attached hydrogen (secondary N) is 1. The first-order valence-electron chi connectivity index (χ1n) is 9.35. The molecule has 0 saturated heterocycles. The molecule has 3 aromatic rings. The van der Waals surface area contributed by atoms with Gasteiger partial charge in [0.05, 0.1) is 22.5 Å². The molecule has 12 heteroatoms. The van der Waals surface area contributed by atoms with Gasteiger partial charge in [-0.2, -0.15) is 28.4 Å². The first kappa shape index (κ1) is 22.2. The van der Waals surface area contributed by atoms with E-state index in [0.717, 1.165) is 12.3 Å². The molecule has 166 valence electrons. The Morgan fingerprint density at radius 3 is 2.39 bits per heavy atom. The molecule has 0 aromatic carbocycles. The Kier molecular flexibility index (Phi) is 5.28. The van der Waals surface area contributed by atoms with E-state index in [-0.39, 0.29) is 16.8 Å². The highest BCUT2D eigenvalue weighted by atomic mass is 32.2. The molecule has 1 aliphatic carbocycles. The molecule has 0 unspecified atom stereocenters. The third kappa shape index (κ3) is 3.86. The molecule has 1 N–H and O–H groups in total. The quantitative estimate of drug-likeness (QED) is 0.609. The van der Waals surface area contributed by atoms with Crippen molar-refractivity contribution in [2.45, 2.75) is 24.0 Å². The van der Waals surface area contributed by atoms with E-state index in [2.05, 4.69) is 16.0 Å². The lowest BCUT2D eigenvalue weighted by molar-refractivity contribution is -0.147. The van der Waals surface area contributed by atoms with E-state index < -0.39 is 27.1 Å². The Hall–Kier alpha value is -4.00. The average molecular weight is 470 g/mol. The topological polar surface area (TPSA) is 124 Å². The fourth-order valence-electron chi connectivity index (χ4n) is 3.21. The van der Waals surface area contributed by atoms with Gasteiger partial charge in [0.15, 0.2) is 0 Å². The average Bonchev–Trinajstić information content (AvgIpc) is 3.04. The second-order valence-electron chi connectivity index (χ2n) is 7.09. The molecule has 0 aliphatic heterocycles. The van der Waals surface area contributed by atoms with Crippen LogP contribution in [0.5, 0.6) is 0 Å². The van der Waals surface area contributed by atoms with Gasteiger partial charge in [0.1, 0.15) is 28.7 Å². The summed E-state index contributed by atoms with van der Waals surface area (Å²) in [6, 6.07) is 5.69. The Morgan fingerprint density at radius 1 is 1.15 bits per heavy atom. The van der Waals surface area contributed by atoms with E-state index >= 15 is 0 Å². The van der Waals surface area contributed by atoms with E-state index in [4.69, 9.17) is 0 Å². The largest absolute Gasteiger partial charge is 0.404 e. The van der Waals surface area contributed by atoms with Gasteiger partial charge in [-0.25, -0.2) is 13.4 Å². The number of nitrogens with zero attached hydrogens (tertiary/aromatic N) is 5. The van der Waals surface area contributed by atoms with Crippen LogP contribution in [0.3, 0.4) is 0 Å². The zero-order valence-corrected chi connectivity index (χ0v) is 17.6. The number of nitriles is 2. The van der Waals surface area contributed by atoms with Crippen molar-refractivity contribution in [3.63, 3.8) is 0 Å². The van der Waals surface area contributed by atoms with Crippen molar-refractivity contribution in [2.24, 2.45) is 0 Å². The molecule has 0 fully saturated rings. The summed E-state index contributed by atoms with van der Waals surface area (Å²) in [4.78, 5) is 7.95. The Labute approximate surface area is 186 Å². The number of allylic oxidation sites excluding steroid dienone is 4. The van der Waals surface area contributed by atoms with Crippen molar-refractivity contribution in [1.29, 1.82) is 10.5 Å². The first-order chi connectivity index (χ1) is 15.6. The molecule has 1 aliphatic rings. The molecule has 33 heavy (non-hydrogen) atoms. The zero-order chi connectivity index (χ0) is 24.0. The van der Waals surface area contributed by atoms with Gasteiger partial charge in [-0.15, -0.1) is 0 Å². The van der Waals surface area contributed by atoms with Crippen LogP contribution in [-0.4, -0.2) is 35.2 Å². The Balaban J connectivity index is 1.83. The van der Waals surface area contributed by atoms with Crippen molar-refractivity contribution in [3.05, 3.63) is 59.9 Å². The second kappa shape index (κ2) is 7.85. The monoisotopic (exact) mass is 470 g/mol.